The normalized spacial score (nSPS) is 11.9. The molecule has 0 saturated carbocycles. The largest absolute Gasteiger partial charge is 2.00 e. The topological polar surface area (TPSA) is 54.1 Å². The van der Waals surface area contributed by atoms with Crippen LogP contribution in [-0.4, -0.2) is 26.4 Å². The molecule has 7 aromatic rings. The van der Waals surface area contributed by atoms with Crippen LogP contribution < -0.4 is 9.47 Å². The fourth-order valence-electron chi connectivity index (χ4n) is 6.49. The van der Waals surface area contributed by atoms with Crippen LogP contribution in [0.25, 0.3) is 44.4 Å². The van der Waals surface area contributed by atoms with E-state index < -0.39 is 0 Å². The molecule has 1 unspecified atom stereocenters. The summed E-state index contributed by atoms with van der Waals surface area (Å²) >= 11 is 0. The van der Waals surface area contributed by atoms with Crippen LogP contribution in [0.1, 0.15) is 49.3 Å². The predicted octanol–water partition coefficient (Wildman–Crippen LogP) is 9.95. The summed E-state index contributed by atoms with van der Waals surface area (Å²) in [5.74, 6) is 3.20. The molecule has 0 bridgehead atoms. The van der Waals surface area contributed by atoms with E-state index >= 15 is 0 Å². The number of benzene rings is 4. The van der Waals surface area contributed by atoms with E-state index in [0.29, 0.717) is 17.4 Å². The van der Waals surface area contributed by atoms with E-state index in [-0.39, 0.29) is 21.1 Å². The molecular weight excluding hydrogens is 764 g/mol. The van der Waals surface area contributed by atoms with Crippen LogP contribution in [0.5, 0.6) is 17.2 Å². The van der Waals surface area contributed by atoms with Crippen molar-refractivity contribution < 1.29 is 30.5 Å². The average molecular weight is 800 g/mol. The number of aryl methyl sites for hydroxylation is 2. The van der Waals surface area contributed by atoms with Crippen molar-refractivity contribution in [3.8, 4) is 39.9 Å². The molecule has 47 heavy (non-hydrogen) atoms. The zero-order valence-corrected chi connectivity index (χ0v) is 29.4. The van der Waals surface area contributed by atoms with Crippen LogP contribution in [0.2, 0.25) is 0 Å². The van der Waals surface area contributed by atoms with Gasteiger partial charge in [0.2, 0.25) is 0 Å². The van der Waals surface area contributed by atoms with Crippen LogP contribution in [0.15, 0.2) is 97.5 Å². The molecule has 238 valence electrons. The van der Waals surface area contributed by atoms with Gasteiger partial charge in [-0.15, -0.1) is 35.7 Å². The van der Waals surface area contributed by atoms with E-state index in [1.54, 1.807) is 13.3 Å². The summed E-state index contributed by atoms with van der Waals surface area (Å²) in [5.41, 5.74) is 8.96. The third kappa shape index (κ3) is 6.23. The summed E-state index contributed by atoms with van der Waals surface area (Å²) in [6, 6.07) is 33.5. The number of para-hydroxylation sites is 1. The summed E-state index contributed by atoms with van der Waals surface area (Å²) in [4.78, 5) is 4.65. The van der Waals surface area contributed by atoms with E-state index in [1.165, 1.54) is 35.1 Å². The van der Waals surface area contributed by atoms with Crippen LogP contribution in [0.4, 0.5) is 0 Å². The van der Waals surface area contributed by atoms with Crippen molar-refractivity contribution in [2.75, 3.05) is 7.11 Å². The van der Waals surface area contributed by atoms with Gasteiger partial charge in [0, 0.05) is 41.0 Å². The maximum absolute atomic E-state index is 6.35. The fourth-order valence-corrected chi connectivity index (χ4v) is 6.49. The minimum Gasteiger partial charge on any atom is -0.509 e. The molecule has 0 amide bonds. The molecule has 3 aromatic heterocycles. The van der Waals surface area contributed by atoms with Crippen molar-refractivity contribution in [1.82, 2.24) is 19.3 Å². The Bertz CT molecular complexity index is 2180. The Morgan fingerprint density at radius 3 is 2.45 bits per heavy atom. The molecule has 0 aliphatic heterocycles. The first-order valence-corrected chi connectivity index (χ1v) is 15.8. The number of methoxy groups -OCH3 is 1. The van der Waals surface area contributed by atoms with Crippen LogP contribution in [0, 0.1) is 26.0 Å². The van der Waals surface area contributed by atoms with Crippen molar-refractivity contribution in [2.45, 2.75) is 46.5 Å². The number of fused-ring (bicyclic) bond motifs is 3. The first kappa shape index (κ1) is 32.3. The second-order valence-corrected chi connectivity index (χ2v) is 11.9. The number of aromatic nitrogens is 4. The van der Waals surface area contributed by atoms with E-state index in [0.717, 1.165) is 44.6 Å². The summed E-state index contributed by atoms with van der Waals surface area (Å²) < 4.78 is 15.8. The number of ether oxygens (including phenoxy) is 2. The van der Waals surface area contributed by atoms with Gasteiger partial charge < -0.3 is 14.0 Å². The van der Waals surface area contributed by atoms with Crippen molar-refractivity contribution >= 4 is 21.8 Å². The van der Waals surface area contributed by atoms with Gasteiger partial charge in [0.05, 0.1) is 13.3 Å². The van der Waals surface area contributed by atoms with E-state index in [9.17, 15) is 0 Å². The molecule has 7 rings (SSSR count). The third-order valence-electron chi connectivity index (χ3n) is 8.68. The minimum atomic E-state index is 0. The number of rotatable bonds is 9. The van der Waals surface area contributed by atoms with Gasteiger partial charge in [0.1, 0.15) is 11.6 Å². The molecule has 7 heteroatoms. The Labute approximate surface area is 290 Å². The molecule has 1 atom stereocenters. The van der Waals surface area contributed by atoms with Gasteiger partial charge in [-0.3, -0.25) is 4.68 Å². The predicted molar refractivity (Wildman–Crippen MR) is 185 cm³/mol. The zero-order valence-electron chi connectivity index (χ0n) is 27.2. The van der Waals surface area contributed by atoms with Crippen molar-refractivity contribution in [1.29, 1.82) is 0 Å². The third-order valence-corrected chi connectivity index (χ3v) is 8.68. The molecule has 0 radical (unpaired) electrons. The van der Waals surface area contributed by atoms with Gasteiger partial charge in [-0.25, -0.2) is 4.98 Å². The minimum absolute atomic E-state index is 0. The van der Waals surface area contributed by atoms with Crippen LogP contribution >= 0.6 is 0 Å². The van der Waals surface area contributed by atoms with E-state index in [2.05, 4.69) is 85.9 Å². The number of hydrogen-bond donors (Lipinski definition) is 0. The van der Waals surface area contributed by atoms with Gasteiger partial charge in [0.15, 0.2) is 0 Å². The summed E-state index contributed by atoms with van der Waals surface area (Å²) in [5, 5.41) is 6.88. The molecule has 0 saturated heterocycles. The Kier molecular flexibility index (Phi) is 9.33. The molecule has 6 nitrogen and oxygen atoms in total. The monoisotopic (exact) mass is 799 g/mol. The molecule has 0 N–H and O–H groups in total. The molecule has 0 fully saturated rings. The SMILES string of the molecule is CCCC(C)c1cc(C)c(-c2cnn(-c3[c-]c(Oc4[c-]c5c(cc4)c4ccccc4n5-c4cc(OC)ccn4)ccc3)c2)c(C)c1.[Pt+2]. The molecule has 4 aromatic carbocycles. The number of nitrogens with zero attached hydrogens (tertiary/aromatic N) is 4. The van der Waals surface area contributed by atoms with Gasteiger partial charge >= 0.3 is 21.1 Å². The first-order chi connectivity index (χ1) is 22.4. The molecule has 0 aliphatic rings. The van der Waals surface area contributed by atoms with E-state index in [1.807, 2.05) is 59.4 Å². The van der Waals surface area contributed by atoms with Crippen molar-refractivity contribution in [2.24, 2.45) is 0 Å². The number of hydrogen-bond acceptors (Lipinski definition) is 4. The van der Waals surface area contributed by atoms with Gasteiger partial charge in [-0.1, -0.05) is 56.1 Å². The van der Waals surface area contributed by atoms with Crippen molar-refractivity contribution in [3.63, 3.8) is 0 Å². The maximum Gasteiger partial charge on any atom is 2.00 e. The Balaban J connectivity index is 0.00000386. The Morgan fingerprint density at radius 1 is 0.872 bits per heavy atom. The first-order valence-electron chi connectivity index (χ1n) is 15.8. The second kappa shape index (κ2) is 13.6. The summed E-state index contributed by atoms with van der Waals surface area (Å²) in [7, 11) is 1.66. The van der Waals surface area contributed by atoms with Gasteiger partial charge in [0.25, 0.3) is 0 Å². The van der Waals surface area contributed by atoms with Crippen LogP contribution in [0.3, 0.4) is 0 Å². The zero-order chi connectivity index (χ0) is 31.8. The maximum atomic E-state index is 6.35. The van der Waals surface area contributed by atoms with E-state index in [4.69, 9.17) is 14.6 Å². The molecule has 0 aliphatic carbocycles. The average Bonchev–Trinajstić information content (AvgIpc) is 3.68. The molecule has 0 spiro atoms. The fraction of sp³-hybridized carbons (Fsp3) is 0.200. The smallest absolute Gasteiger partial charge is 0.509 e. The quantitative estimate of drug-likeness (QED) is 0.137. The molecule has 3 heterocycles. The number of pyridine rings is 1. The summed E-state index contributed by atoms with van der Waals surface area (Å²) in [6.45, 7) is 8.95. The summed E-state index contributed by atoms with van der Waals surface area (Å²) in [6.07, 6.45) is 8.13. The van der Waals surface area contributed by atoms with Crippen LogP contribution in [-0.2, 0) is 21.1 Å². The second-order valence-electron chi connectivity index (χ2n) is 11.9. The van der Waals surface area contributed by atoms with Gasteiger partial charge in [-0.2, -0.15) is 17.2 Å². The molecular formula is C40H36N4O2Pt. The Hall–Kier alpha value is -4.67. The standard InChI is InChI=1S/C40H36N4O2.Pt/c1-6-10-26(2)29-19-27(3)40(28(4)20-29)30-24-42-43(25-30)31-11-9-12-33(21-31)46-34-15-16-36-35-13-7-8-14-37(35)44(38(36)22-34)39-23-32(45-5)17-18-41-39;/h7-9,11-20,23-26H,6,10H2,1-5H3;/q-2;+2. The van der Waals surface area contributed by atoms with Crippen molar-refractivity contribution in [3.05, 3.63) is 126 Å². The van der Waals surface area contributed by atoms with Gasteiger partial charge in [-0.05, 0) is 71.6 Å². The Morgan fingerprint density at radius 2 is 1.66 bits per heavy atom.